The smallest absolute Gasteiger partial charge is 0.0776 e. The van der Waals surface area contributed by atoms with Crippen LogP contribution in [0.4, 0.5) is 0 Å². The Kier molecular flexibility index (Phi) is 564000. The Morgan fingerprint density at radius 3 is 0.300 bits per heavy atom. The predicted molar refractivity (Wildman–Crippen MR) is 63.7 cm³/mol. The number of hydrogen-bond donors (Lipinski definition) is 0. The average Bonchev–Trinajstić information content (AvgIpc) is 1.00. The third-order valence-corrected chi connectivity index (χ3v) is 0. The van der Waals surface area contributed by atoms with Crippen molar-refractivity contribution in [1.82, 2.24) is 0 Å². The van der Waals surface area contributed by atoms with Crippen LogP contribution in [0.15, 0.2) is 0 Å². The number of rotatable bonds is 0. The van der Waals surface area contributed by atoms with Crippen molar-refractivity contribution in [2.24, 2.45) is 0 Å². The van der Waals surface area contributed by atoms with Gasteiger partial charge in [0.1, 0.15) is 0 Å². The third-order valence-electron chi connectivity index (χ3n) is 0. The van der Waals surface area contributed by atoms with Crippen LogP contribution in [0, 0.1) is 12.8 Å². The van der Waals surface area contributed by atoms with Gasteiger partial charge in [0.25, 0.3) is 0 Å². The van der Waals surface area contributed by atoms with E-state index in [0.717, 1.165) is 0 Å². The summed E-state index contributed by atoms with van der Waals surface area (Å²) in [6, 6.07) is 0. The highest BCUT2D eigenvalue weighted by Crippen LogP contribution is 0.579. The summed E-state index contributed by atoms with van der Waals surface area (Å²) in [7, 11) is 0. The monoisotopic (exact) mass is 154 g/mol. The fourth-order valence-electron chi connectivity index (χ4n) is 0. The molecule has 0 bridgehead atoms. The molecule has 0 saturated heterocycles. The van der Waals surface area contributed by atoms with Crippen LogP contribution >= 0.6 is 0 Å². The van der Waals surface area contributed by atoms with E-state index in [-0.39, 0.29) is 59.4 Å². The van der Waals surface area contributed by atoms with Crippen LogP contribution in [0.2, 0.25) is 0 Å². The van der Waals surface area contributed by atoms with Crippen molar-refractivity contribution >= 4 is 0 Å². The summed E-state index contributed by atoms with van der Waals surface area (Å²) < 4.78 is 0. The first-order valence-electron chi connectivity index (χ1n) is 0.333. The van der Waals surface area contributed by atoms with E-state index in [9.17, 15) is 0 Å². The molecule has 0 unspecified atom stereocenters. The molecule has 0 aromatic carbocycles. The lowest BCUT2D eigenvalue weighted by Crippen LogP contribution is -0.576. The van der Waals surface area contributed by atoms with Crippen molar-refractivity contribution < 1.29 is 0 Å². The Labute approximate surface area is 73.1 Å². The highest BCUT2D eigenvalue weighted by atomic mass is 12.6. The molecule has 0 heterocycles. The topological polar surface area (TPSA) is 0 Å². The molecule has 0 aromatic heterocycles. The van der Waals surface area contributed by atoms with E-state index < -0.39 is 0 Å². The summed E-state index contributed by atoms with van der Waals surface area (Å²) in [5, 5.41) is 0. The van der Waals surface area contributed by atoms with Gasteiger partial charge < -0.3 is 0 Å². The van der Waals surface area contributed by atoms with Crippen LogP contribution in [0.1, 0.15) is 59.4 Å². The Bertz CT molecular complexity index is 4.75. The lowest BCUT2D eigenvalue weighted by atomic mass is 11.4. The Hall–Kier alpha value is -0.440. The SMILES string of the molecule is C.C.C.C.C.C.C.C.C#C. The molecule has 0 N–H and O–H groups in total. The van der Waals surface area contributed by atoms with Crippen molar-refractivity contribution in [1.29, 1.82) is 0 Å². The maximum atomic E-state index is 4.00. The molecule has 0 saturated carbocycles. The lowest BCUT2D eigenvalue weighted by Gasteiger charge is -0.701. The van der Waals surface area contributed by atoms with Crippen LogP contribution < -0.4 is 0 Å². The van der Waals surface area contributed by atoms with Crippen molar-refractivity contribution in [3.8, 4) is 12.8 Å². The molecule has 0 aliphatic rings. The van der Waals surface area contributed by atoms with Gasteiger partial charge in [-0.3, -0.25) is 0 Å². The van der Waals surface area contributed by atoms with Crippen molar-refractivity contribution in [2.45, 2.75) is 59.4 Å². The summed E-state index contributed by atoms with van der Waals surface area (Å²) in [5.74, 6) is 0. The molecule has 0 atom stereocenters. The highest BCUT2D eigenvalue weighted by Gasteiger charge is 0.454. The Morgan fingerprint density at radius 2 is 0.300 bits per heavy atom. The molecule has 0 fully saturated rings. The summed E-state index contributed by atoms with van der Waals surface area (Å²) in [5.41, 5.74) is 0. The first-order chi connectivity index (χ1) is 1.00. The van der Waals surface area contributed by atoms with E-state index in [0.29, 0.717) is 0 Å². The molecule has 10 heavy (non-hydrogen) atoms. The molecule has 0 heteroatoms. The third kappa shape index (κ3) is 1680. The van der Waals surface area contributed by atoms with Crippen molar-refractivity contribution in [3.05, 3.63) is 0 Å². The zero-order valence-corrected chi connectivity index (χ0v) is 1.15. The fraction of sp³-hybridized carbons (Fsp3) is 0.800. The molecule has 0 spiro atoms. The van der Waals surface area contributed by atoms with Crippen LogP contribution in [0.3, 0.4) is 0 Å². The normalized spacial score (nSPS) is 0.200. The molecule has 0 rings (SSSR count). The largest absolute Gasteiger partial charge is 0.124 e. The summed E-state index contributed by atoms with van der Waals surface area (Å²) in [4.78, 5) is 0. The number of hydrogen-bond acceptors (Lipinski definition) is 0. The molecule has 0 aromatic rings. The zero-order chi connectivity index (χ0) is 2.00. The predicted octanol–water partition coefficient (Wildman–Crippen LogP) is 5.34. The van der Waals surface area contributed by atoms with Gasteiger partial charge in [0.2, 0.25) is 0 Å². The van der Waals surface area contributed by atoms with E-state index in [1.807, 2.05) is 0 Å². The van der Waals surface area contributed by atoms with Crippen LogP contribution in [-0.4, -0.2) is 0 Å². The standard InChI is InChI=1S/C2H2.8CH4/c1-2;;;;;;;;/h1-2H;8*1H4. The molecular weight excluding hydrogens is 120 g/mol. The van der Waals surface area contributed by atoms with Crippen LogP contribution in [0.5, 0.6) is 0 Å². The first-order valence-corrected chi connectivity index (χ1v) is 0.333. The second-order valence-corrected chi connectivity index (χ2v) is 0. The summed E-state index contributed by atoms with van der Waals surface area (Å²) in [6.07, 6.45) is 8.00. The molecular formula is C10H34. The fourth-order valence-corrected chi connectivity index (χ4v) is 0. The minimum atomic E-state index is 0. The first kappa shape index (κ1) is 2230. The molecule has 0 nitrogen and oxygen atoms in total. The zero-order valence-electron chi connectivity index (χ0n) is 1.15. The van der Waals surface area contributed by atoms with Gasteiger partial charge in [0, 0.05) is 0 Å². The van der Waals surface area contributed by atoms with Gasteiger partial charge in [0.05, 0.1) is 0 Å². The molecule has 0 aliphatic heterocycles. The van der Waals surface area contributed by atoms with Gasteiger partial charge in [-0.25, -0.2) is 0 Å². The van der Waals surface area contributed by atoms with Crippen LogP contribution in [-0.2, 0) is 0 Å². The maximum absolute atomic E-state index is 4.00. The van der Waals surface area contributed by atoms with Gasteiger partial charge in [-0.05, 0) is 0 Å². The van der Waals surface area contributed by atoms with Gasteiger partial charge in [-0.1, -0.05) is 59.4 Å². The van der Waals surface area contributed by atoms with E-state index >= 15 is 0 Å². The molecule has 0 radical (unpaired) electrons. The second-order valence-electron chi connectivity index (χ2n) is 0. The van der Waals surface area contributed by atoms with E-state index in [1.165, 1.54) is 0 Å². The summed E-state index contributed by atoms with van der Waals surface area (Å²) >= 11 is 0. The van der Waals surface area contributed by atoms with Crippen molar-refractivity contribution in [2.75, 3.05) is 0 Å². The minimum absolute atomic E-state index is 0. The van der Waals surface area contributed by atoms with Crippen LogP contribution in [0.25, 0.3) is 0 Å². The quantitative estimate of drug-likeness (QED) is 0.413. The van der Waals surface area contributed by atoms with E-state index in [2.05, 4.69) is 12.8 Å². The Balaban J connectivity index is -0.000000000179. The lowest BCUT2D eigenvalue weighted by molar-refractivity contribution is 2.50. The van der Waals surface area contributed by atoms with E-state index in [1.54, 1.807) is 0 Å². The Morgan fingerprint density at radius 1 is 0.300 bits per heavy atom. The summed E-state index contributed by atoms with van der Waals surface area (Å²) in [6.45, 7) is 0. The number of terminal acetylenes is 1. The second kappa shape index (κ2) is 2530. The minimum Gasteiger partial charge on any atom is -0.124 e. The maximum Gasteiger partial charge on any atom is -0.0776 e. The van der Waals surface area contributed by atoms with Gasteiger partial charge in [0.15, 0.2) is 0 Å². The average molecular weight is 154 g/mol. The van der Waals surface area contributed by atoms with Gasteiger partial charge >= 0.3 is 0 Å². The molecule has 0 aliphatic carbocycles. The van der Waals surface area contributed by atoms with Gasteiger partial charge in [-0.15, -0.1) is 12.8 Å². The van der Waals surface area contributed by atoms with Gasteiger partial charge in [-0.2, -0.15) is 0 Å². The van der Waals surface area contributed by atoms with Crippen molar-refractivity contribution in [3.63, 3.8) is 0 Å². The molecule has 74 valence electrons. The highest BCUT2D eigenvalue weighted by molar-refractivity contribution is 4.47. The molecule has 0 amide bonds. The van der Waals surface area contributed by atoms with E-state index in [4.69, 9.17) is 0 Å².